The van der Waals surface area contributed by atoms with Gasteiger partial charge in [-0.25, -0.2) is 8.51 Å². The Morgan fingerprint density at radius 3 is 2.46 bits per heavy atom. The molecule has 1 atom stereocenters. The van der Waals surface area contributed by atoms with Crippen molar-refractivity contribution in [3.63, 3.8) is 0 Å². The van der Waals surface area contributed by atoms with E-state index in [1.54, 1.807) is 12.3 Å². The molecule has 4 rings (SSSR count). The van der Waals surface area contributed by atoms with E-state index < -0.39 is 11.0 Å². The molecule has 0 amide bonds. The zero-order valence-electron chi connectivity index (χ0n) is 16.1. The van der Waals surface area contributed by atoms with Crippen LogP contribution in [0.2, 0.25) is 0 Å². The molecule has 6 nitrogen and oxygen atoms in total. The van der Waals surface area contributed by atoms with Crippen molar-refractivity contribution in [1.82, 2.24) is 9.21 Å². The Morgan fingerprint density at radius 1 is 1.18 bits per heavy atom. The fraction of sp³-hybridized carbons (Fsp3) is 0.476. The van der Waals surface area contributed by atoms with E-state index in [1.165, 1.54) is 17.4 Å². The van der Waals surface area contributed by atoms with Crippen molar-refractivity contribution in [2.45, 2.75) is 32.5 Å². The quantitative estimate of drug-likeness (QED) is 0.743. The highest BCUT2D eigenvalue weighted by Crippen LogP contribution is 2.24. The van der Waals surface area contributed by atoms with Gasteiger partial charge in [-0.1, -0.05) is 24.3 Å². The van der Waals surface area contributed by atoms with Crippen molar-refractivity contribution in [2.75, 3.05) is 26.0 Å². The molecule has 1 aromatic carbocycles. The van der Waals surface area contributed by atoms with Crippen LogP contribution in [0.3, 0.4) is 0 Å². The molecule has 0 saturated carbocycles. The van der Waals surface area contributed by atoms with Crippen LogP contribution in [-0.4, -0.2) is 39.4 Å². The lowest BCUT2D eigenvalue weighted by Crippen LogP contribution is -2.36. The van der Waals surface area contributed by atoms with Crippen LogP contribution < -0.4 is 10.2 Å². The van der Waals surface area contributed by atoms with Gasteiger partial charge in [-0.05, 0) is 29.9 Å². The van der Waals surface area contributed by atoms with Gasteiger partial charge in [0, 0.05) is 38.5 Å². The lowest BCUT2D eigenvalue weighted by atomic mass is 9.99. The summed E-state index contributed by atoms with van der Waals surface area (Å²) in [6.07, 6.45) is 5.01. The molecule has 7 heteroatoms. The van der Waals surface area contributed by atoms with E-state index in [9.17, 15) is 9.00 Å². The molecule has 1 aromatic heterocycles. The number of rotatable bonds is 6. The SMILES string of the molecule is CS(=O)N1CCC(COc2coc(CN3Cc4ccccc4C3)cc2=O)CC1. The Labute approximate surface area is 167 Å². The topological polar surface area (TPSA) is 63.0 Å². The van der Waals surface area contributed by atoms with Gasteiger partial charge in [-0.2, -0.15) is 0 Å². The van der Waals surface area contributed by atoms with E-state index in [-0.39, 0.29) is 11.2 Å². The highest BCUT2D eigenvalue weighted by atomic mass is 32.2. The summed E-state index contributed by atoms with van der Waals surface area (Å²) in [4.78, 5) is 14.7. The fourth-order valence-corrected chi connectivity index (χ4v) is 4.63. The molecule has 0 N–H and O–H groups in total. The van der Waals surface area contributed by atoms with Gasteiger partial charge in [0.05, 0.1) is 24.1 Å². The van der Waals surface area contributed by atoms with Crippen LogP contribution in [0.15, 0.2) is 45.8 Å². The third-order valence-corrected chi connectivity index (χ3v) is 6.64. The zero-order chi connectivity index (χ0) is 19.5. The van der Waals surface area contributed by atoms with Crippen LogP contribution in [0.1, 0.15) is 29.7 Å². The molecule has 2 aromatic rings. The van der Waals surface area contributed by atoms with Gasteiger partial charge in [0.15, 0.2) is 0 Å². The monoisotopic (exact) mass is 402 g/mol. The number of hydrogen-bond donors (Lipinski definition) is 0. The Morgan fingerprint density at radius 2 is 1.86 bits per heavy atom. The molecule has 0 radical (unpaired) electrons. The lowest BCUT2D eigenvalue weighted by molar-refractivity contribution is 0.182. The predicted molar refractivity (Wildman–Crippen MR) is 108 cm³/mol. The molecule has 2 aliphatic rings. The molecule has 0 spiro atoms. The molecule has 1 saturated heterocycles. The van der Waals surface area contributed by atoms with E-state index in [2.05, 4.69) is 29.2 Å². The maximum atomic E-state index is 12.4. The molecule has 150 valence electrons. The van der Waals surface area contributed by atoms with E-state index in [0.717, 1.165) is 39.0 Å². The largest absolute Gasteiger partial charge is 0.486 e. The van der Waals surface area contributed by atoms with Crippen molar-refractivity contribution in [2.24, 2.45) is 5.92 Å². The number of benzene rings is 1. The maximum absolute atomic E-state index is 12.4. The second-order valence-electron chi connectivity index (χ2n) is 7.60. The first-order valence-corrected chi connectivity index (χ1v) is 11.2. The van der Waals surface area contributed by atoms with Gasteiger partial charge < -0.3 is 9.15 Å². The summed E-state index contributed by atoms with van der Waals surface area (Å²) in [6, 6.07) is 9.94. The summed E-state index contributed by atoms with van der Waals surface area (Å²) in [5, 5.41) is 0. The van der Waals surface area contributed by atoms with Crippen molar-refractivity contribution >= 4 is 11.0 Å². The molecule has 28 heavy (non-hydrogen) atoms. The first-order chi connectivity index (χ1) is 13.6. The first kappa shape index (κ1) is 19.4. The zero-order valence-corrected chi connectivity index (χ0v) is 17.0. The van der Waals surface area contributed by atoms with Crippen LogP contribution in [0.25, 0.3) is 0 Å². The van der Waals surface area contributed by atoms with Gasteiger partial charge in [-0.15, -0.1) is 0 Å². The summed E-state index contributed by atoms with van der Waals surface area (Å²) < 4.78 is 24.9. The minimum Gasteiger partial charge on any atom is -0.486 e. The molecule has 0 bridgehead atoms. The predicted octanol–water partition coefficient (Wildman–Crippen LogP) is 2.54. The second kappa shape index (κ2) is 8.59. The lowest BCUT2D eigenvalue weighted by Gasteiger charge is -2.29. The number of fused-ring (bicyclic) bond motifs is 1. The van der Waals surface area contributed by atoms with E-state index in [0.29, 0.717) is 24.8 Å². The Kier molecular flexibility index (Phi) is 5.94. The number of ether oxygens (including phenoxy) is 1. The number of piperidine rings is 1. The van der Waals surface area contributed by atoms with Crippen LogP contribution >= 0.6 is 0 Å². The van der Waals surface area contributed by atoms with Crippen LogP contribution in [0.4, 0.5) is 0 Å². The Bertz CT molecular complexity index is 880. The Hall–Kier alpha value is -1.96. The summed E-state index contributed by atoms with van der Waals surface area (Å²) >= 11 is 0. The van der Waals surface area contributed by atoms with Gasteiger partial charge in [0.25, 0.3) is 0 Å². The van der Waals surface area contributed by atoms with Crippen molar-refractivity contribution < 1.29 is 13.4 Å². The van der Waals surface area contributed by atoms with E-state index in [4.69, 9.17) is 9.15 Å². The van der Waals surface area contributed by atoms with E-state index >= 15 is 0 Å². The van der Waals surface area contributed by atoms with Gasteiger partial charge in [0.1, 0.15) is 12.0 Å². The summed E-state index contributed by atoms with van der Waals surface area (Å²) in [7, 11) is -0.905. The van der Waals surface area contributed by atoms with Gasteiger partial charge >= 0.3 is 0 Å². The van der Waals surface area contributed by atoms with Gasteiger partial charge in [0.2, 0.25) is 11.2 Å². The van der Waals surface area contributed by atoms with Crippen molar-refractivity contribution in [3.8, 4) is 5.75 Å². The standard InChI is InChI=1S/C21H26N2O4S/c1-28(25)23-8-6-16(7-9-23)14-27-21-15-26-19(10-20(21)24)13-22-11-17-4-2-3-5-18(17)12-22/h2-5,10,15-16H,6-9,11-14H2,1H3. The molecular formula is C21H26N2O4S. The second-order valence-corrected chi connectivity index (χ2v) is 8.96. The number of hydrogen-bond acceptors (Lipinski definition) is 5. The minimum atomic E-state index is -0.905. The third-order valence-electron chi connectivity index (χ3n) is 5.55. The first-order valence-electron chi connectivity index (χ1n) is 9.70. The molecule has 2 aliphatic heterocycles. The van der Waals surface area contributed by atoms with Gasteiger partial charge in [-0.3, -0.25) is 9.69 Å². The molecule has 1 fully saturated rings. The highest BCUT2D eigenvalue weighted by Gasteiger charge is 2.22. The molecule has 3 heterocycles. The van der Waals surface area contributed by atoms with Crippen molar-refractivity contribution in [1.29, 1.82) is 0 Å². The van der Waals surface area contributed by atoms with E-state index in [1.807, 2.05) is 4.31 Å². The minimum absolute atomic E-state index is 0.134. The van der Waals surface area contributed by atoms with Crippen LogP contribution in [0, 0.1) is 5.92 Å². The highest BCUT2D eigenvalue weighted by molar-refractivity contribution is 7.81. The average molecular weight is 403 g/mol. The molecule has 1 unspecified atom stereocenters. The van der Waals surface area contributed by atoms with Crippen LogP contribution in [0.5, 0.6) is 5.75 Å². The Balaban J connectivity index is 1.29. The third kappa shape index (κ3) is 4.54. The summed E-state index contributed by atoms with van der Waals surface area (Å²) in [5.41, 5.74) is 2.54. The normalized spacial score (nSPS) is 19.5. The molecule has 0 aliphatic carbocycles. The number of nitrogens with zero attached hydrogens (tertiary/aromatic N) is 2. The summed E-state index contributed by atoms with van der Waals surface area (Å²) in [5.74, 6) is 1.31. The average Bonchev–Trinajstić information content (AvgIpc) is 3.10. The van der Waals surface area contributed by atoms with Crippen molar-refractivity contribution in [3.05, 3.63) is 63.7 Å². The fourth-order valence-electron chi connectivity index (χ4n) is 3.90. The molecular weight excluding hydrogens is 376 g/mol. The smallest absolute Gasteiger partial charge is 0.227 e. The maximum Gasteiger partial charge on any atom is 0.227 e. The van der Waals surface area contributed by atoms with Crippen LogP contribution in [-0.2, 0) is 30.6 Å². The summed E-state index contributed by atoms with van der Waals surface area (Å²) in [6.45, 7) is 4.47.